The van der Waals surface area contributed by atoms with Crippen LogP contribution in [-0.2, 0) is 39.9 Å². The van der Waals surface area contributed by atoms with E-state index >= 15 is 0 Å². The molecule has 0 unspecified atom stereocenters. The Labute approximate surface area is 375 Å². The molecule has 0 saturated heterocycles. The Bertz CT molecular complexity index is 1120. The Morgan fingerprint density at radius 3 is 1.30 bits per heavy atom. The fourth-order valence-corrected chi connectivity index (χ4v) is 7.67. The van der Waals surface area contributed by atoms with Crippen LogP contribution in [0.15, 0.2) is 42.0 Å². The van der Waals surface area contributed by atoms with E-state index in [1.54, 1.807) is 6.92 Å². The van der Waals surface area contributed by atoms with Gasteiger partial charge in [0.2, 0.25) is 0 Å². The van der Waals surface area contributed by atoms with Gasteiger partial charge in [0.05, 0.1) is 6.61 Å². The number of unbranched alkanes of at least 4 members (excludes halogenated alkanes) is 30. The number of hydrogen-bond acceptors (Lipinski definition) is 7. The van der Waals surface area contributed by atoms with Crippen LogP contribution >= 0.6 is 0 Å². The first-order valence-electron chi connectivity index (χ1n) is 25.8. The van der Waals surface area contributed by atoms with E-state index in [0.29, 0.717) is 25.0 Å². The molecule has 0 N–H and O–H groups in total. The fraction of sp³-hybridized carbons (Fsp3) is 0.796. The third-order valence-electron chi connectivity index (χ3n) is 11.7. The molecule has 0 aliphatic rings. The van der Waals surface area contributed by atoms with Crippen LogP contribution in [0.2, 0.25) is 0 Å². The number of carbonyl (C=O) groups is 3. The number of allylic oxidation sites excluding steroid dienone is 1. The van der Waals surface area contributed by atoms with E-state index in [-0.39, 0.29) is 25.2 Å². The molecule has 0 aliphatic carbocycles. The zero-order valence-electron chi connectivity index (χ0n) is 40.0. The van der Waals surface area contributed by atoms with Gasteiger partial charge in [-0.25, -0.2) is 4.79 Å². The van der Waals surface area contributed by atoms with E-state index in [0.717, 1.165) is 83.7 Å². The van der Waals surface area contributed by atoms with E-state index in [2.05, 4.69) is 26.0 Å². The molecule has 1 aromatic carbocycles. The van der Waals surface area contributed by atoms with Crippen molar-refractivity contribution in [1.82, 2.24) is 0 Å². The smallest absolute Gasteiger partial charge is 0.333 e. The van der Waals surface area contributed by atoms with Gasteiger partial charge in [-0.2, -0.15) is 0 Å². The van der Waals surface area contributed by atoms with Gasteiger partial charge in [-0.05, 0) is 44.6 Å². The number of benzene rings is 1. The largest absolute Gasteiger partial charge is 0.462 e. The second-order valence-corrected chi connectivity index (χ2v) is 17.7. The molecule has 352 valence electrons. The van der Waals surface area contributed by atoms with Crippen LogP contribution in [-0.4, -0.2) is 43.8 Å². The van der Waals surface area contributed by atoms with Gasteiger partial charge < -0.3 is 18.9 Å². The van der Waals surface area contributed by atoms with Crippen LogP contribution in [0.25, 0.3) is 0 Å². The summed E-state index contributed by atoms with van der Waals surface area (Å²) >= 11 is 0. The Balaban J connectivity index is 2.34. The maximum Gasteiger partial charge on any atom is 0.333 e. The molecule has 61 heavy (non-hydrogen) atoms. The van der Waals surface area contributed by atoms with Gasteiger partial charge in [-0.1, -0.05) is 230 Å². The molecule has 0 heterocycles. The zero-order chi connectivity index (χ0) is 44.1. The minimum atomic E-state index is -0.835. The highest BCUT2D eigenvalue weighted by Crippen LogP contribution is 2.16. The van der Waals surface area contributed by atoms with E-state index in [4.69, 9.17) is 18.9 Å². The predicted octanol–water partition coefficient (Wildman–Crippen LogP) is 15.8. The third kappa shape index (κ3) is 38.7. The van der Waals surface area contributed by atoms with E-state index in [1.165, 1.54) is 140 Å². The Kier molecular flexibility index (Phi) is 40.6. The minimum Gasteiger partial charge on any atom is -0.462 e. The van der Waals surface area contributed by atoms with Gasteiger partial charge in [0.25, 0.3) is 0 Å². The minimum absolute atomic E-state index is 0.111. The second-order valence-electron chi connectivity index (χ2n) is 17.7. The number of ether oxygens (including phenoxy) is 4. The molecule has 0 spiro atoms. The van der Waals surface area contributed by atoms with E-state index < -0.39 is 12.1 Å². The zero-order valence-corrected chi connectivity index (χ0v) is 40.0. The lowest BCUT2D eigenvalue weighted by Gasteiger charge is -2.18. The van der Waals surface area contributed by atoms with Crippen LogP contribution in [0.5, 0.6) is 0 Å². The van der Waals surface area contributed by atoms with Crippen molar-refractivity contribution in [2.75, 3.05) is 19.8 Å². The van der Waals surface area contributed by atoms with Crippen molar-refractivity contribution in [3.8, 4) is 0 Å². The van der Waals surface area contributed by atoms with Gasteiger partial charge in [-0.15, -0.1) is 0 Å². The van der Waals surface area contributed by atoms with Crippen molar-refractivity contribution in [1.29, 1.82) is 0 Å². The first-order chi connectivity index (χ1) is 30.0. The van der Waals surface area contributed by atoms with Crippen molar-refractivity contribution in [3.63, 3.8) is 0 Å². The van der Waals surface area contributed by atoms with Crippen LogP contribution in [0.3, 0.4) is 0 Å². The summed E-state index contributed by atoms with van der Waals surface area (Å²) in [6, 6.07) is 10.3. The molecule has 0 saturated carbocycles. The van der Waals surface area contributed by atoms with Crippen LogP contribution in [0, 0.1) is 0 Å². The van der Waals surface area contributed by atoms with Crippen LogP contribution in [0.4, 0.5) is 0 Å². The fourth-order valence-electron chi connectivity index (χ4n) is 7.67. The lowest BCUT2D eigenvalue weighted by molar-refractivity contribution is -0.164. The topological polar surface area (TPSA) is 88.1 Å². The Hall–Kier alpha value is -2.67. The molecule has 0 aromatic heterocycles. The molecule has 1 rings (SSSR count). The highest BCUT2D eigenvalue weighted by atomic mass is 16.6. The van der Waals surface area contributed by atoms with Crippen molar-refractivity contribution in [2.45, 2.75) is 258 Å². The highest BCUT2D eigenvalue weighted by molar-refractivity contribution is 5.87. The maximum absolute atomic E-state index is 13.1. The summed E-state index contributed by atoms with van der Waals surface area (Å²) in [6.07, 6.45) is 41.7. The summed E-state index contributed by atoms with van der Waals surface area (Å²) in [7, 11) is 0. The quantitative estimate of drug-likeness (QED) is 0.0279. The average molecular weight is 855 g/mol. The monoisotopic (exact) mass is 855 g/mol. The Morgan fingerprint density at radius 1 is 0.492 bits per heavy atom. The molecule has 0 amide bonds. The van der Waals surface area contributed by atoms with Gasteiger partial charge in [0.1, 0.15) is 13.2 Å². The number of carbonyl (C=O) groups excluding carboxylic acids is 3. The summed E-state index contributed by atoms with van der Waals surface area (Å²) in [5, 5.41) is 0. The summed E-state index contributed by atoms with van der Waals surface area (Å²) in [5.74, 6) is -1.05. The molecule has 0 atom stereocenters. The van der Waals surface area contributed by atoms with Gasteiger partial charge in [0, 0.05) is 25.0 Å². The molecule has 7 nitrogen and oxygen atoms in total. The molecule has 0 aliphatic heterocycles. The molecule has 0 radical (unpaired) electrons. The number of hydrogen-bond donors (Lipinski definition) is 0. The predicted molar refractivity (Wildman–Crippen MR) is 255 cm³/mol. The van der Waals surface area contributed by atoms with Crippen LogP contribution < -0.4 is 0 Å². The maximum atomic E-state index is 13.1. The molecule has 0 fully saturated rings. The van der Waals surface area contributed by atoms with Gasteiger partial charge >= 0.3 is 17.9 Å². The lowest BCUT2D eigenvalue weighted by atomic mass is 10.0. The average Bonchev–Trinajstić information content (AvgIpc) is 3.27. The molecular formula is C54H94O7. The summed E-state index contributed by atoms with van der Waals surface area (Å²) in [5.41, 5.74) is 1.74. The second kappa shape index (κ2) is 44.0. The lowest BCUT2D eigenvalue weighted by Crippen LogP contribution is -2.31. The molecule has 1 aromatic rings. The third-order valence-corrected chi connectivity index (χ3v) is 11.7. The first kappa shape index (κ1) is 56.3. The van der Waals surface area contributed by atoms with Crippen molar-refractivity contribution < 1.29 is 33.3 Å². The molecule has 0 bridgehead atoms. The normalized spacial score (nSPS) is 11.6. The summed E-state index contributed by atoms with van der Waals surface area (Å²) in [4.78, 5) is 38.3. The number of rotatable bonds is 45. The molecule has 7 heteroatoms. The van der Waals surface area contributed by atoms with E-state index in [9.17, 15) is 14.4 Å². The first-order valence-corrected chi connectivity index (χ1v) is 25.8. The van der Waals surface area contributed by atoms with Gasteiger partial charge in [0.15, 0.2) is 6.10 Å². The number of esters is 3. The summed E-state index contributed by atoms with van der Waals surface area (Å²) in [6.45, 7) is 7.52. The van der Waals surface area contributed by atoms with Crippen molar-refractivity contribution in [2.24, 2.45) is 0 Å². The van der Waals surface area contributed by atoms with Crippen molar-refractivity contribution in [3.05, 3.63) is 47.5 Å². The Morgan fingerprint density at radius 2 is 0.869 bits per heavy atom. The SMILES string of the molecule is CCCCCCCCCCCCCCCC(=O)OCC(COC(=O)CCCCCCCCCCCCCCC)OC(=O)/C(C)=C/CCCCCCCCOCc1ccccc1. The van der Waals surface area contributed by atoms with E-state index in [1.807, 2.05) is 24.3 Å². The van der Waals surface area contributed by atoms with Crippen LogP contribution in [0.1, 0.15) is 251 Å². The standard InChI is InChI=1S/C54H94O7/c1-4-6-8-10-12-14-16-18-20-22-26-30-37-43-52(55)59-47-51(48-60-53(56)44-38-31-27-23-21-19-17-15-13-11-9-7-5-2)61-54(57)49(3)40-34-29-25-24-28-32-39-45-58-46-50-41-35-33-36-42-50/h33,35-36,40-42,51H,4-32,34,37-39,43-48H2,1-3H3/b49-40+. The molecular weight excluding hydrogens is 761 g/mol. The van der Waals surface area contributed by atoms with Gasteiger partial charge in [-0.3, -0.25) is 9.59 Å². The van der Waals surface area contributed by atoms with Crippen molar-refractivity contribution >= 4 is 17.9 Å². The highest BCUT2D eigenvalue weighted by Gasteiger charge is 2.20. The summed E-state index contributed by atoms with van der Waals surface area (Å²) < 4.78 is 22.7.